The number of thiophene rings is 1. The maximum atomic E-state index is 13.0. The van der Waals surface area contributed by atoms with Gasteiger partial charge in [-0.15, -0.1) is 11.3 Å². The molecule has 250 valence electrons. The number of carbonyl (C=O) groups is 3. The summed E-state index contributed by atoms with van der Waals surface area (Å²) in [5.41, 5.74) is 8.71. The molecule has 0 saturated carbocycles. The van der Waals surface area contributed by atoms with E-state index in [1.54, 1.807) is 42.6 Å². The van der Waals surface area contributed by atoms with Gasteiger partial charge in [-0.2, -0.15) is 13.2 Å². The van der Waals surface area contributed by atoms with Gasteiger partial charge < -0.3 is 31.1 Å². The number of carbonyl (C=O) groups excluding carboxylic acids is 2. The Bertz CT molecular complexity index is 1690. The number of alkyl halides is 3. The zero-order valence-electron chi connectivity index (χ0n) is 25.1. The predicted octanol–water partition coefficient (Wildman–Crippen LogP) is 6.60. The predicted molar refractivity (Wildman–Crippen MR) is 175 cm³/mol. The number of nitrogen functional groups attached to an aromatic ring is 1. The quantitative estimate of drug-likeness (QED) is 0.129. The molecule has 0 spiro atoms. The van der Waals surface area contributed by atoms with Crippen molar-refractivity contribution in [3.63, 3.8) is 0 Å². The number of nitrogens with zero attached hydrogens (tertiary/aromatic N) is 2. The van der Waals surface area contributed by atoms with Crippen LogP contribution in [0, 0.1) is 0 Å². The Morgan fingerprint density at radius 1 is 1.06 bits per heavy atom. The van der Waals surface area contributed by atoms with Crippen LogP contribution in [0.1, 0.15) is 52.0 Å². The fourth-order valence-electron chi connectivity index (χ4n) is 4.79. The first-order valence-corrected chi connectivity index (χ1v) is 15.9. The van der Waals surface area contributed by atoms with E-state index in [1.165, 1.54) is 37.3 Å². The van der Waals surface area contributed by atoms with Crippen LogP contribution in [-0.2, 0) is 11.4 Å². The second-order valence-electron chi connectivity index (χ2n) is 10.6. The van der Waals surface area contributed by atoms with Crippen molar-refractivity contribution >= 4 is 62.3 Å². The van der Waals surface area contributed by atoms with Crippen LogP contribution < -0.4 is 21.1 Å². The van der Waals surface area contributed by atoms with Crippen LogP contribution in [0.5, 0.6) is 5.75 Å². The maximum absolute atomic E-state index is 13.0. The summed E-state index contributed by atoms with van der Waals surface area (Å²) in [7, 11) is 0. The van der Waals surface area contributed by atoms with Crippen molar-refractivity contribution in [3.8, 4) is 5.75 Å². The van der Waals surface area contributed by atoms with E-state index < -0.39 is 12.1 Å². The molecule has 0 unspecified atom stereocenters. The highest BCUT2D eigenvalue weighted by molar-refractivity contribution is 7.17. The normalized spacial score (nSPS) is 13.1. The highest BCUT2D eigenvalue weighted by atomic mass is 35.5. The van der Waals surface area contributed by atoms with Gasteiger partial charge in [0.05, 0.1) is 10.3 Å². The van der Waals surface area contributed by atoms with E-state index >= 15 is 0 Å². The number of rotatable bonds is 11. The van der Waals surface area contributed by atoms with Gasteiger partial charge >= 0.3 is 12.1 Å². The van der Waals surface area contributed by atoms with Gasteiger partial charge in [0.2, 0.25) is 0 Å². The Morgan fingerprint density at radius 2 is 1.77 bits per heavy atom. The van der Waals surface area contributed by atoms with Crippen LogP contribution >= 0.6 is 22.9 Å². The second kappa shape index (κ2) is 16.4. The molecule has 47 heavy (non-hydrogen) atoms. The number of carboxylic acid groups (broad SMARTS) is 1. The lowest BCUT2D eigenvalue weighted by atomic mass is 10.1. The fourth-order valence-corrected chi connectivity index (χ4v) is 5.99. The van der Waals surface area contributed by atoms with Crippen molar-refractivity contribution in [3.05, 3.63) is 81.8 Å². The molecule has 4 aromatic rings. The largest absolute Gasteiger partial charge is 0.490 e. The molecule has 0 aliphatic carbocycles. The number of aliphatic carboxylic acids is 1. The number of benzene rings is 2. The first kappa shape index (κ1) is 35.5. The molecule has 2 aromatic carbocycles. The van der Waals surface area contributed by atoms with Crippen LogP contribution in [0.25, 0.3) is 10.1 Å². The molecule has 15 heteroatoms. The number of hydrogen-bond donors (Lipinski definition) is 4. The van der Waals surface area contributed by atoms with Crippen LogP contribution in [0.2, 0.25) is 5.02 Å². The number of ether oxygens (including phenoxy) is 1. The van der Waals surface area contributed by atoms with E-state index in [-0.39, 0.29) is 18.4 Å². The minimum Gasteiger partial charge on any atom is -0.489 e. The third kappa shape index (κ3) is 10.3. The van der Waals surface area contributed by atoms with Crippen LogP contribution in [-0.4, -0.2) is 65.1 Å². The second-order valence-corrected chi connectivity index (χ2v) is 11.9. The molecule has 10 nitrogen and oxygen atoms in total. The van der Waals surface area contributed by atoms with E-state index in [0.717, 1.165) is 35.0 Å². The molecule has 2 amide bonds. The number of nitrogens with two attached hydrogens (primary N) is 1. The molecule has 5 rings (SSSR count). The summed E-state index contributed by atoms with van der Waals surface area (Å²) in [6.45, 7) is 4.35. The fraction of sp³-hybridized carbons (Fsp3) is 0.312. The summed E-state index contributed by atoms with van der Waals surface area (Å²) < 4.78 is 38.6. The summed E-state index contributed by atoms with van der Waals surface area (Å²) >= 11 is 7.37. The Balaban J connectivity index is 0.000000644. The van der Waals surface area contributed by atoms with E-state index in [0.29, 0.717) is 39.9 Å². The molecule has 1 aliphatic heterocycles. The first-order chi connectivity index (χ1) is 22.4. The monoisotopic (exact) mass is 691 g/mol. The van der Waals surface area contributed by atoms with Gasteiger partial charge in [-0.1, -0.05) is 17.7 Å². The third-order valence-electron chi connectivity index (χ3n) is 7.17. The molecule has 0 atom stereocenters. The lowest BCUT2D eigenvalue weighted by Crippen LogP contribution is -2.26. The van der Waals surface area contributed by atoms with Gasteiger partial charge in [0, 0.05) is 46.0 Å². The highest BCUT2D eigenvalue weighted by Gasteiger charge is 2.38. The van der Waals surface area contributed by atoms with Gasteiger partial charge in [-0.25, -0.2) is 9.78 Å². The molecular weight excluding hydrogens is 659 g/mol. The molecule has 1 aliphatic rings. The van der Waals surface area contributed by atoms with Crippen molar-refractivity contribution < 1.29 is 37.4 Å². The molecule has 0 bridgehead atoms. The Kier molecular flexibility index (Phi) is 12.4. The van der Waals surface area contributed by atoms with E-state index in [9.17, 15) is 22.8 Å². The minimum atomic E-state index is -5.08. The van der Waals surface area contributed by atoms with E-state index in [1.807, 2.05) is 17.5 Å². The number of unbranched alkanes of at least 4 members (excludes halogenated alkanes) is 1. The molecule has 0 radical (unpaired) electrons. The number of fused-ring (bicyclic) bond motifs is 1. The number of anilines is 2. The summed E-state index contributed by atoms with van der Waals surface area (Å²) in [6, 6.07) is 13.9. The molecule has 5 N–H and O–H groups in total. The minimum absolute atomic E-state index is 0.142. The van der Waals surface area contributed by atoms with Crippen LogP contribution in [0.4, 0.5) is 24.7 Å². The van der Waals surface area contributed by atoms with Gasteiger partial charge in [0.1, 0.15) is 18.2 Å². The SMILES string of the molecule is Nc1ncc(C(=O)NCCCCN2CCCC2)c2scc(COc3cccc(NC(=O)c4ccc(Cl)cc4)c3)c12.O=C(O)C(F)(F)F. The van der Waals surface area contributed by atoms with Gasteiger partial charge in [-0.05, 0) is 87.1 Å². The molecule has 1 saturated heterocycles. The number of amides is 2. The average Bonchev–Trinajstić information content (AvgIpc) is 3.71. The number of pyridine rings is 1. The lowest BCUT2D eigenvalue weighted by molar-refractivity contribution is -0.192. The van der Waals surface area contributed by atoms with Gasteiger partial charge in [-0.3, -0.25) is 9.59 Å². The maximum Gasteiger partial charge on any atom is 0.490 e. The zero-order chi connectivity index (χ0) is 34.0. The lowest BCUT2D eigenvalue weighted by Gasteiger charge is -2.14. The van der Waals surface area contributed by atoms with Crippen molar-refractivity contribution in [2.75, 3.05) is 37.2 Å². The van der Waals surface area contributed by atoms with Crippen molar-refractivity contribution in [1.29, 1.82) is 0 Å². The highest BCUT2D eigenvalue weighted by Crippen LogP contribution is 2.33. The van der Waals surface area contributed by atoms with Crippen molar-refractivity contribution in [1.82, 2.24) is 15.2 Å². The summed E-state index contributed by atoms with van der Waals surface area (Å²) in [5, 5.41) is 16.3. The van der Waals surface area contributed by atoms with Crippen molar-refractivity contribution in [2.45, 2.75) is 38.5 Å². The average molecular weight is 692 g/mol. The van der Waals surface area contributed by atoms with Gasteiger partial charge in [0.15, 0.2) is 0 Å². The van der Waals surface area contributed by atoms with E-state index in [4.69, 9.17) is 32.0 Å². The third-order valence-corrected chi connectivity index (χ3v) is 8.48. The number of nitrogens with one attached hydrogen (secondary N) is 2. The number of halogens is 4. The first-order valence-electron chi connectivity index (χ1n) is 14.7. The van der Waals surface area contributed by atoms with Crippen LogP contribution in [0.15, 0.2) is 60.1 Å². The van der Waals surface area contributed by atoms with Crippen molar-refractivity contribution in [2.24, 2.45) is 0 Å². The Morgan fingerprint density at radius 3 is 2.45 bits per heavy atom. The smallest absolute Gasteiger partial charge is 0.489 e. The summed E-state index contributed by atoms with van der Waals surface area (Å²) in [4.78, 5) is 41.2. The molecule has 2 aromatic heterocycles. The number of aromatic nitrogens is 1. The topological polar surface area (TPSA) is 147 Å². The molecule has 3 heterocycles. The number of likely N-dealkylation sites (tertiary alicyclic amines) is 1. The van der Waals surface area contributed by atoms with Gasteiger partial charge in [0.25, 0.3) is 11.8 Å². The number of carboxylic acids is 1. The molecular formula is C32H33ClF3N5O5S. The standard InChI is InChI=1S/C30H32ClN5O3S.C2HF3O2/c31-22-10-8-20(9-11-22)29(37)35-23-6-5-7-24(16-23)39-18-21-19-40-27-25(17-34-28(32)26(21)27)30(38)33-12-1-2-13-36-14-3-4-15-36;3-2(4,5)1(6)7/h5-11,16-17,19H,1-4,12-15,18H2,(H2,32,34)(H,33,38)(H,35,37);(H,6,7). The van der Waals surface area contributed by atoms with Crippen LogP contribution in [0.3, 0.4) is 0 Å². The zero-order valence-corrected chi connectivity index (χ0v) is 26.7. The Hall–Kier alpha value is -4.40. The Labute approximate surface area is 277 Å². The molecule has 1 fully saturated rings. The summed E-state index contributed by atoms with van der Waals surface area (Å²) in [6.07, 6.45) is 1.06. The summed E-state index contributed by atoms with van der Waals surface area (Å²) in [5.74, 6) is -2.19. The van der Waals surface area contributed by atoms with E-state index in [2.05, 4.69) is 20.5 Å². The number of hydrogen-bond acceptors (Lipinski definition) is 8.